The van der Waals surface area contributed by atoms with Crippen molar-refractivity contribution in [2.75, 3.05) is 13.2 Å². The molecule has 41 heavy (non-hydrogen) atoms. The minimum Gasteiger partial charge on any atom is -0.473 e. The number of fused-ring (bicyclic) bond motifs is 1. The van der Waals surface area contributed by atoms with Crippen LogP contribution in [-0.2, 0) is 6.54 Å². The lowest BCUT2D eigenvalue weighted by atomic mass is 9.85. The average Bonchev–Trinajstić information content (AvgIpc) is 3.24. The van der Waals surface area contributed by atoms with Crippen LogP contribution in [0.3, 0.4) is 0 Å². The van der Waals surface area contributed by atoms with Crippen LogP contribution in [-0.4, -0.2) is 49.4 Å². The van der Waals surface area contributed by atoms with E-state index >= 15 is 0 Å². The zero-order valence-electron chi connectivity index (χ0n) is 21.8. The van der Waals surface area contributed by atoms with Gasteiger partial charge in [0.25, 0.3) is 18.2 Å². The van der Waals surface area contributed by atoms with Crippen molar-refractivity contribution in [1.82, 2.24) is 24.4 Å². The maximum atomic E-state index is 14.6. The van der Waals surface area contributed by atoms with Gasteiger partial charge in [-0.2, -0.15) is 0 Å². The number of rotatable bonds is 9. The summed E-state index contributed by atoms with van der Waals surface area (Å²) in [7, 11) is 0. The summed E-state index contributed by atoms with van der Waals surface area (Å²) in [6.45, 7) is 0.0144. The van der Waals surface area contributed by atoms with Crippen LogP contribution in [0, 0.1) is 11.7 Å². The van der Waals surface area contributed by atoms with Crippen molar-refractivity contribution < 1.29 is 27.8 Å². The Morgan fingerprint density at radius 3 is 2.54 bits per heavy atom. The summed E-state index contributed by atoms with van der Waals surface area (Å²) in [6, 6.07) is 9.33. The minimum atomic E-state index is -2.91. The standard InChI is InChI=1S/C28H27ClF3N5O4/c29-17-11-20(24(25(31)32)33-13-17)26(39)35-18-7-5-16(6-8-18)15-36-22-3-1-2-4-23(22)37(28(36)40)19-12-21(30)27(34-14-19)41-10-9-38/h1-4,11-14,16,18,25,38H,5-10,15H2,(H,35,39)/t16-,18-. The predicted molar refractivity (Wildman–Crippen MR) is 145 cm³/mol. The number of pyridine rings is 2. The molecule has 9 nitrogen and oxygen atoms in total. The van der Waals surface area contributed by atoms with Crippen molar-refractivity contribution in [3.8, 4) is 11.6 Å². The maximum Gasteiger partial charge on any atom is 0.333 e. The summed E-state index contributed by atoms with van der Waals surface area (Å²) in [5, 5.41) is 11.8. The fourth-order valence-electron chi connectivity index (χ4n) is 5.24. The smallest absolute Gasteiger partial charge is 0.333 e. The Balaban J connectivity index is 1.30. The molecule has 4 aromatic rings. The van der Waals surface area contributed by atoms with Crippen LogP contribution >= 0.6 is 11.6 Å². The topological polar surface area (TPSA) is 111 Å². The molecule has 1 amide bonds. The number of benzene rings is 1. The van der Waals surface area contributed by atoms with Crippen LogP contribution in [0.4, 0.5) is 13.2 Å². The first kappa shape index (κ1) is 28.6. The highest BCUT2D eigenvalue weighted by Crippen LogP contribution is 2.29. The van der Waals surface area contributed by atoms with Crippen molar-refractivity contribution in [2.24, 2.45) is 5.92 Å². The maximum absolute atomic E-state index is 14.6. The van der Waals surface area contributed by atoms with Gasteiger partial charge in [0.15, 0.2) is 5.82 Å². The lowest BCUT2D eigenvalue weighted by Crippen LogP contribution is -2.39. The number of ether oxygens (including phenoxy) is 1. The molecule has 3 heterocycles. The molecular weight excluding hydrogens is 563 g/mol. The van der Waals surface area contributed by atoms with E-state index in [1.54, 1.807) is 16.7 Å². The summed E-state index contributed by atoms with van der Waals surface area (Å²) in [6.07, 6.45) is 2.11. The molecule has 0 bridgehead atoms. The van der Waals surface area contributed by atoms with Gasteiger partial charge in [0.2, 0.25) is 0 Å². The minimum absolute atomic E-state index is 0.0948. The average molecular weight is 590 g/mol. The molecule has 1 fully saturated rings. The Labute approximate surface area is 237 Å². The molecule has 0 saturated heterocycles. The number of nitrogens with one attached hydrogen (secondary N) is 1. The van der Waals surface area contributed by atoms with E-state index in [-0.39, 0.29) is 53.0 Å². The van der Waals surface area contributed by atoms with Crippen LogP contribution in [0.1, 0.15) is 48.2 Å². The fraction of sp³-hybridized carbons (Fsp3) is 0.357. The van der Waals surface area contributed by atoms with E-state index in [4.69, 9.17) is 21.4 Å². The number of nitrogens with zero attached hydrogens (tertiary/aromatic N) is 4. The molecule has 0 unspecified atom stereocenters. The third-order valence-electron chi connectivity index (χ3n) is 7.18. The predicted octanol–water partition coefficient (Wildman–Crippen LogP) is 4.67. The Kier molecular flexibility index (Phi) is 8.60. The largest absolute Gasteiger partial charge is 0.473 e. The van der Waals surface area contributed by atoms with Crippen LogP contribution in [0.25, 0.3) is 16.7 Å². The third kappa shape index (κ3) is 6.08. The molecule has 5 rings (SSSR count). The lowest BCUT2D eigenvalue weighted by Gasteiger charge is -2.29. The highest BCUT2D eigenvalue weighted by Gasteiger charge is 2.27. The number of aliphatic hydroxyl groups is 1. The molecule has 0 aliphatic heterocycles. The molecule has 1 aromatic carbocycles. The van der Waals surface area contributed by atoms with Crippen LogP contribution < -0.4 is 15.7 Å². The number of aromatic nitrogens is 4. The van der Waals surface area contributed by atoms with Gasteiger partial charge in [-0.15, -0.1) is 0 Å². The summed E-state index contributed by atoms with van der Waals surface area (Å²) in [5.74, 6) is -1.55. The number of aliphatic hydroxyl groups excluding tert-OH is 1. The second-order valence-electron chi connectivity index (χ2n) is 9.85. The number of amides is 1. The quantitative estimate of drug-likeness (QED) is 0.293. The second-order valence-corrected chi connectivity index (χ2v) is 10.3. The van der Waals surface area contributed by atoms with Crippen molar-refractivity contribution in [2.45, 2.75) is 44.7 Å². The number of halogens is 4. The van der Waals surface area contributed by atoms with Crippen molar-refractivity contribution in [1.29, 1.82) is 0 Å². The first-order chi connectivity index (χ1) is 19.8. The molecule has 2 N–H and O–H groups in total. The van der Waals surface area contributed by atoms with Crippen LogP contribution in [0.2, 0.25) is 5.02 Å². The summed E-state index contributed by atoms with van der Waals surface area (Å²) < 4.78 is 49.4. The van der Waals surface area contributed by atoms with E-state index in [1.807, 2.05) is 12.1 Å². The molecule has 1 saturated carbocycles. The van der Waals surface area contributed by atoms with Crippen molar-refractivity contribution in [3.05, 3.63) is 81.4 Å². The highest BCUT2D eigenvalue weighted by molar-refractivity contribution is 6.30. The number of carbonyl (C=O) groups is 1. The number of alkyl halides is 2. The molecule has 0 spiro atoms. The molecule has 1 aliphatic carbocycles. The van der Waals surface area contributed by atoms with Gasteiger partial charge in [-0.3, -0.25) is 18.9 Å². The van der Waals surface area contributed by atoms with Gasteiger partial charge >= 0.3 is 5.69 Å². The zero-order chi connectivity index (χ0) is 29.1. The fourth-order valence-corrected chi connectivity index (χ4v) is 5.39. The van der Waals surface area contributed by atoms with Crippen LogP contribution in [0.5, 0.6) is 5.88 Å². The number of imidazole rings is 1. The Morgan fingerprint density at radius 2 is 1.85 bits per heavy atom. The Hall–Kier alpha value is -3.90. The molecule has 1 aliphatic rings. The number of hydrogen-bond donors (Lipinski definition) is 2. The van der Waals surface area contributed by atoms with E-state index in [0.29, 0.717) is 43.3 Å². The van der Waals surface area contributed by atoms with Gasteiger partial charge in [0.05, 0.1) is 40.1 Å². The van der Waals surface area contributed by atoms with E-state index in [9.17, 15) is 22.8 Å². The molecular formula is C28H27ClF3N5O4. The lowest BCUT2D eigenvalue weighted by molar-refractivity contribution is 0.0904. The van der Waals surface area contributed by atoms with Crippen molar-refractivity contribution >= 4 is 28.5 Å². The summed E-state index contributed by atoms with van der Waals surface area (Å²) >= 11 is 5.88. The Morgan fingerprint density at radius 1 is 1.12 bits per heavy atom. The monoisotopic (exact) mass is 589 g/mol. The van der Waals surface area contributed by atoms with Gasteiger partial charge in [0.1, 0.15) is 12.3 Å². The molecule has 13 heteroatoms. The summed E-state index contributed by atoms with van der Waals surface area (Å²) in [5.41, 5.74) is 0.311. The van der Waals surface area contributed by atoms with E-state index in [2.05, 4.69) is 15.3 Å². The molecule has 216 valence electrons. The Bertz CT molecular complexity index is 1620. The van der Waals surface area contributed by atoms with E-state index in [0.717, 1.165) is 6.20 Å². The van der Waals surface area contributed by atoms with E-state index < -0.39 is 23.8 Å². The molecule has 3 aromatic heterocycles. The number of hydrogen-bond acceptors (Lipinski definition) is 6. The highest BCUT2D eigenvalue weighted by atomic mass is 35.5. The first-order valence-corrected chi connectivity index (χ1v) is 13.5. The number of carbonyl (C=O) groups excluding carboxylic acids is 1. The second kappa shape index (κ2) is 12.3. The number of para-hydroxylation sites is 2. The van der Waals surface area contributed by atoms with Gasteiger partial charge in [-0.1, -0.05) is 23.7 Å². The van der Waals surface area contributed by atoms with Gasteiger partial charge in [0, 0.05) is 24.8 Å². The van der Waals surface area contributed by atoms with Gasteiger partial charge in [-0.05, 0) is 49.8 Å². The molecule has 0 radical (unpaired) electrons. The van der Waals surface area contributed by atoms with Crippen molar-refractivity contribution in [3.63, 3.8) is 0 Å². The summed E-state index contributed by atoms with van der Waals surface area (Å²) in [4.78, 5) is 33.9. The normalized spacial score (nSPS) is 17.2. The zero-order valence-corrected chi connectivity index (χ0v) is 22.5. The van der Waals surface area contributed by atoms with E-state index in [1.165, 1.54) is 22.9 Å². The van der Waals surface area contributed by atoms with Gasteiger partial charge < -0.3 is 15.2 Å². The first-order valence-electron chi connectivity index (χ1n) is 13.1. The van der Waals surface area contributed by atoms with Gasteiger partial charge in [-0.25, -0.2) is 22.9 Å². The molecule has 0 atom stereocenters. The third-order valence-corrected chi connectivity index (χ3v) is 7.38. The van der Waals surface area contributed by atoms with Crippen LogP contribution in [0.15, 0.2) is 53.6 Å². The SMILES string of the molecule is O=C(N[C@H]1CC[C@H](Cn2c(=O)n(-c3cnc(OCCO)c(F)c3)c3ccccc32)CC1)c1cc(Cl)cnc1C(F)F.